The molecule has 0 spiro atoms. The summed E-state index contributed by atoms with van der Waals surface area (Å²) in [5, 5.41) is 14.2. The minimum Gasteiger partial charge on any atom is -0.383 e. The zero-order valence-corrected chi connectivity index (χ0v) is 13.5. The minimum absolute atomic E-state index is 0.0209. The molecule has 0 atom stereocenters. The van der Waals surface area contributed by atoms with Crippen LogP contribution >= 0.6 is 0 Å². The van der Waals surface area contributed by atoms with Crippen LogP contribution in [0.5, 0.6) is 0 Å². The predicted octanol–water partition coefficient (Wildman–Crippen LogP) is 3.01. The van der Waals surface area contributed by atoms with E-state index in [-0.39, 0.29) is 11.5 Å². The highest BCUT2D eigenvalue weighted by Gasteiger charge is 2.19. The summed E-state index contributed by atoms with van der Waals surface area (Å²) in [6, 6.07) is 12.6. The van der Waals surface area contributed by atoms with E-state index in [1.807, 2.05) is 18.2 Å². The number of para-hydroxylation sites is 1. The monoisotopic (exact) mass is 325 g/mol. The first kappa shape index (κ1) is 16.1. The molecule has 6 nitrogen and oxygen atoms in total. The van der Waals surface area contributed by atoms with E-state index in [1.54, 1.807) is 13.0 Å². The van der Waals surface area contributed by atoms with Gasteiger partial charge in [0.25, 0.3) is 5.69 Å². The number of fused-ring (bicyclic) bond motifs is 1. The van der Waals surface area contributed by atoms with Crippen LogP contribution in [0.15, 0.2) is 42.5 Å². The molecule has 0 unspecified atom stereocenters. The fourth-order valence-corrected chi connectivity index (χ4v) is 2.96. The lowest BCUT2D eigenvalue weighted by Crippen LogP contribution is -2.31. The Labute approximate surface area is 140 Å². The molecule has 0 fully saturated rings. The number of ketones is 1. The van der Waals surface area contributed by atoms with Gasteiger partial charge in [-0.25, -0.2) is 0 Å². The van der Waals surface area contributed by atoms with Gasteiger partial charge in [0.15, 0.2) is 5.78 Å². The van der Waals surface area contributed by atoms with E-state index in [0.29, 0.717) is 24.2 Å². The Morgan fingerprint density at radius 2 is 2.08 bits per heavy atom. The largest absolute Gasteiger partial charge is 0.383 e. The summed E-state index contributed by atoms with van der Waals surface area (Å²) in [5.74, 6) is -0.0209. The zero-order valence-electron chi connectivity index (χ0n) is 13.5. The topological polar surface area (TPSA) is 75.5 Å². The van der Waals surface area contributed by atoms with Gasteiger partial charge in [-0.3, -0.25) is 19.8 Å². The van der Waals surface area contributed by atoms with Gasteiger partial charge in [0.05, 0.1) is 11.5 Å². The molecule has 24 heavy (non-hydrogen) atoms. The SMILES string of the molecule is Cc1cc(C(=O)CN2CCNc3ccccc3C2)ccc1[N+](=O)[O-]. The van der Waals surface area contributed by atoms with Crippen LogP contribution in [-0.2, 0) is 6.54 Å². The maximum Gasteiger partial charge on any atom is 0.272 e. The fraction of sp³-hybridized carbons (Fsp3) is 0.278. The van der Waals surface area contributed by atoms with Crippen molar-refractivity contribution in [3.05, 3.63) is 69.3 Å². The van der Waals surface area contributed by atoms with Crippen molar-refractivity contribution in [3.63, 3.8) is 0 Å². The number of hydrogen-bond donors (Lipinski definition) is 1. The van der Waals surface area contributed by atoms with Crippen molar-refractivity contribution in [1.82, 2.24) is 4.90 Å². The van der Waals surface area contributed by atoms with Crippen molar-refractivity contribution < 1.29 is 9.72 Å². The van der Waals surface area contributed by atoms with Gasteiger partial charge < -0.3 is 5.32 Å². The van der Waals surface area contributed by atoms with Gasteiger partial charge in [-0.15, -0.1) is 0 Å². The molecule has 2 aromatic rings. The van der Waals surface area contributed by atoms with Crippen LogP contribution in [0.2, 0.25) is 0 Å². The number of nitro benzene ring substituents is 1. The quantitative estimate of drug-likeness (QED) is 0.531. The zero-order chi connectivity index (χ0) is 17.1. The van der Waals surface area contributed by atoms with Crippen molar-refractivity contribution in [2.45, 2.75) is 13.5 Å². The summed E-state index contributed by atoms with van der Waals surface area (Å²) in [6.07, 6.45) is 0. The molecule has 1 aliphatic heterocycles. The average molecular weight is 325 g/mol. The highest BCUT2D eigenvalue weighted by molar-refractivity contribution is 5.98. The number of anilines is 1. The number of nitro groups is 1. The van der Waals surface area contributed by atoms with E-state index in [1.165, 1.54) is 17.7 Å². The molecule has 0 amide bonds. The molecule has 1 heterocycles. The third kappa shape index (κ3) is 3.44. The first-order valence-electron chi connectivity index (χ1n) is 7.87. The van der Waals surface area contributed by atoms with Crippen molar-refractivity contribution in [1.29, 1.82) is 0 Å². The van der Waals surface area contributed by atoms with Gasteiger partial charge >= 0.3 is 0 Å². The molecule has 3 rings (SSSR count). The number of nitrogens with one attached hydrogen (secondary N) is 1. The second-order valence-corrected chi connectivity index (χ2v) is 5.98. The van der Waals surface area contributed by atoms with Crippen LogP contribution in [0, 0.1) is 17.0 Å². The number of hydrogen-bond acceptors (Lipinski definition) is 5. The fourth-order valence-electron chi connectivity index (χ4n) is 2.96. The van der Waals surface area contributed by atoms with Crippen molar-refractivity contribution >= 4 is 17.2 Å². The van der Waals surface area contributed by atoms with Gasteiger partial charge in [0.1, 0.15) is 0 Å². The molecule has 124 valence electrons. The Balaban J connectivity index is 1.73. The van der Waals surface area contributed by atoms with Crippen molar-refractivity contribution in [2.75, 3.05) is 25.0 Å². The minimum atomic E-state index is -0.430. The predicted molar refractivity (Wildman–Crippen MR) is 92.4 cm³/mol. The highest BCUT2D eigenvalue weighted by Crippen LogP contribution is 2.21. The number of rotatable bonds is 4. The molecule has 0 aliphatic carbocycles. The molecule has 1 N–H and O–H groups in total. The van der Waals surface area contributed by atoms with Gasteiger partial charge in [-0.1, -0.05) is 18.2 Å². The molecular formula is C18H19N3O3. The molecule has 6 heteroatoms. The van der Waals surface area contributed by atoms with Crippen LogP contribution in [0.4, 0.5) is 11.4 Å². The summed E-state index contributed by atoms with van der Waals surface area (Å²) in [6.45, 7) is 4.21. The van der Waals surface area contributed by atoms with E-state index in [0.717, 1.165) is 18.8 Å². The van der Waals surface area contributed by atoms with Gasteiger partial charge in [-0.05, 0) is 30.7 Å². The van der Waals surface area contributed by atoms with Crippen molar-refractivity contribution in [3.8, 4) is 0 Å². The van der Waals surface area contributed by atoms with Gasteiger partial charge in [-0.2, -0.15) is 0 Å². The number of aryl methyl sites for hydroxylation is 1. The lowest BCUT2D eigenvalue weighted by atomic mass is 10.1. The molecule has 1 aliphatic rings. The van der Waals surface area contributed by atoms with Crippen LogP contribution in [0.25, 0.3) is 0 Å². The van der Waals surface area contributed by atoms with E-state index in [4.69, 9.17) is 0 Å². The number of benzene rings is 2. The Hall–Kier alpha value is -2.73. The van der Waals surface area contributed by atoms with E-state index < -0.39 is 4.92 Å². The summed E-state index contributed by atoms with van der Waals surface area (Å²) in [7, 11) is 0. The third-order valence-corrected chi connectivity index (χ3v) is 4.24. The molecule has 0 saturated carbocycles. The Morgan fingerprint density at radius 1 is 1.29 bits per heavy atom. The molecule has 0 bridgehead atoms. The highest BCUT2D eigenvalue weighted by atomic mass is 16.6. The van der Waals surface area contributed by atoms with E-state index >= 15 is 0 Å². The normalized spacial score (nSPS) is 14.4. The Morgan fingerprint density at radius 3 is 2.83 bits per heavy atom. The van der Waals surface area contributed by atoms with Gasteiger partial charge in [0.2, 0.25) is 0 Å². The van der Waals surface area contributed by atoms with E-state index in [2.05, 4.69) is 16.3 Å². The Bertz CT molecular complexity index is 789. The summed E-state index contributed by atoms with van der Waals surface area (Å²) >= 11 is 0. The second kappa shape index (κ2) is 6.80. The average Bonchev–Trinajstić information content (AvgIpc) is 2.75. The van der Waals surface area contributed by atoms with Crippen molar-refractivity contribution in [2.24, 2.45) is 0 Å². The molecule has 0 aromatic heterocycles. The molecule has 0 saturated heterocycles. The van der Waals surface area contributed by atoms with E-state index in [9.17, 15) is 14.9 Å². The molecular weight excluding hydrogens is 306 g/mol. The summed E-state index contributed by atoms with van der Waals surface area (Å²) in [5.41, 5.74) is 3.35. The van der Waals surface area contributed by atoms with Gasteiger partial charge in [0, 0.05) is 42.5 Å². The molecule has 0 radical (unpaired) electrons. The lowest BCUT2D eigenvalue weighted by molar-refractivity contribution is -0.385. The number of carbonyl (C=O) groups is 1. The number of Topliss-reactive ketones (excluding diaryl/α,β-unsaturated/α-hetero) is 1. The Kier molecular flexibility index (Phi) is 4.57. The maximum absolute atomic E-state index is 12.5. The smallest absolute Gasteiger partial charge is 0.272 e. The number of carbonyl (C=O) groups excluding carboxylic acids is 1. The van der Waals surface area contributed by atoms with Crippen LogP contribution < -0.4 is 5.32 Å². The summed E-state index contributed by atoms with van der Waals surface area (Å²) < 4.78 is 0. The maximum atomic E-state index is 12.5. The number of nitrogens with zero attached hydrogens (tertiary/aromatic N) is 2. The van der Waals surface area contributed by atoms with Crippen LogP contribution in [0.3, 0.4) is 0 Å². The third-order valence-electron chi connectivity index (χ3n) is 4.24. The standard InChI is InChI=1S/C18H19N3O3/c1-13-10-14(6-7-17(13)21(23)24)18(22)12-20-9-8-19-16-5-3-2-4-15(16)11-20/h2-7,10,19H,8-9,11-12H2,1H3. The second-order valence-electron chi connectivity index (χ2n) is 5.98. The molecule has 2 aromatic carbocycles. The van der Waals surface area contributed by atoms with Crippen LogP contribution in [-0.4, -0.2) is 35.2 Å². The first-order chi connectivity index (χ1) is 11.5. The summed E-state index contributed by atoms with van der Waals surface area (Å²) in [4.78, 5) is 25.1. The first-order valence-corrected chi connectivity index (χ1v) is 7.87. The lowest BCUT2D eigenvalue weighted by Gasteiger charge is -2.19. The van der Waals surface area contributed by atoms with Crippen LogP contribution in [0.1, 0.15) is 21.5 Å².